The molecule has 4 heteroatoms. The van der Waals surface area contributed by atoms with Gasteiger partial charge >= 0.3 is 6.18 Å². The summed E-state index contributed by atoms with van der Waals surface area (Å²) in [4.78, 5) is 0. The van der Waals surface area contributed by atoms with Crippen LogP contribution in [0.2, 0.25) is 0 Å². The van der Waals surface area contributed by atoms with Crippen LogP contribution in [0, 0.1) is 20.8 Å². The molecule has 1 aliphatic carbocycles. The van der Waals surface area contributed by atoms with Crippen molar-refractivity contribution in [3.8, 4) is 11.1 Å². The van der Waals surface area contributed by atoms with Crippen LogP contribution in [0.5, 0.6) is 0 Å². The monoisotopic (exact) mass is 320 g/mol. The summed E-state index contributed by atoms with van der Waals surface area (Å²) in [5.41, 5.74) is 1.28. The molecule has 0 fully saturated rings. The molecule has 0 amide bonds. The fourth-order valence-corrected chi connectivity index (χ4v) is 3.86. The zero-order valence-electron chi connectivity index (χ0n) is 13.6. The molecule has 1 nitrogen and oxygen atoms in total. The maximum atomic E-state index is 13.9. The van der Waals surface area contributed by atoms with Gasteiger partial charge in [-0.15, -0.1) is 0 Å². The van der Waals surface area contributed by atoms with Gasteiger partial charge in [0.25, 0.3) is 0 Å². The Morgan fingerprint density at radius 2 is 1.61 bits per heavy atom. The Morgan fingerprint density at radius 3 is 2.17 bits per heavy atom. The maximum Gasteiger partial charge on any atom is 0.425 e. The second kappa shape index (κ2) is 4.84. The van der Waals surface area contributed by atoms with Gasteiger partial charge in [-0.3, -0.25) is 0 Å². The second-order valence-corrected chi connectivity index (χ2v) is 6.21. The van der Waals surface area contributed by atoms with Crippen LogP contribution in [-0.4, -0.2) is 11.3 Å². The van der Waals surface area contributed by atoms with Crippen molar-refractivity contribution in [1.29, 1.82) is 0 Å². The lowest BCUT2D eigenvalue weighted by Crippen LogP contribution is -2.42. The summed E-state index contributed by atoms with van der Waals surface area (Å²) in [5.74, 6) is 0. The van der Waals surface area contributed by atoms with Gasteiger partial charge in [-0.2, -0.15) is 13.2 Å². The molecule has 1 N–H and O–H groups in total. The molecule has 0 aliphatic heterocycles. The quantitative estimate of drug-likeness (QED) is 0.788. The summed E-state index contributed by atoms with van der Waals surface area (Å²) in [6.07, 6.45) is -4.15. The molecule has 0 heterocycles. The van der Waals surface area contributed by atoms with Crippen LogP contribution in [0.4, 0.5) is 13.2 Å². The number of rotatable bonds is 1. The lowest BCUT2D eigenvalue weighted by molar-refractivity contribution is -0.247. The van der Waals surface area contributed by atoms with Crippen LogP contribution >= 0.6 is 0 Å². The molecular weight excluding hydrogens is 301 g/mol. The van der Waals surface area contributed by atoms with Gasteiger partial charge < -0.3 is 5.11 Å². The summed E-state index contributed by atoms with van der Waals surface area (Å²) in [6, 6.07) is 6.31. The molecule has 0 spiro atoms. The van der Waals surface area contributed by atoms with E-state index in [0.29, 0.717) is 23.1 Å². The van der Waals surface area contributed by atoms with Crippen molar-refractivity contribution >= 4 is 0 Å². The molecule has 0 radical (unpaired) electrons. The largest absolute Gasteiger partial charge is 0.425 e. The van der Waals surface area contributed by atoms with Gasteiger partial charge in [-0.1, -0.05) is 31.2 Å². The highest BCUT2D eigenvalue weighted by molar-refractivity contribution is 5.85. The molecule has 0 bridgehead atoms. The first-order valence-corrected chi connectivity index (χ1v) is 7.68. The van der Waals surface area contributed by atoms with Gasteiger partial charge in [0.1, 0.15) is 0 Å². The van der Waals surface area contributed by atoms with E-state index in [0.717, 1.165) is 16.7 Å². The molecular formula is C19H19F3O. The van der Waals surface area contributed by atoms with Gasteiger partial charge in [0.05, 0.1) is 0 Å². The Kier molecular flexibility index (Phi) is 3.38. The van der Waals surface area contributed by atoms with Crippen molar-refractivity contribution in [3.05, 3.63) is 57.6 Å². The van der Waals surface area contributed by atoms with Crippen LogP contribution < -0.4 is 0 Å². The van der Waals surface area contributed by atoms with Crippen molar-refractivity contribution < 1.29 is 18.3 Å². The number of alkyl halides is 3. The minimum absolute atomic E-state index is 0.00569. The van der Waals surface area contributed by atoms with Gasteiger partial charge in [0.15, 0.2) is 0 Å². The van der Waals surface area contributed by atoms with Crippen LogP contribution in [0.25, 0.3) is 11.1 Å². The third kappa shape index (κ3) is 1.84. The summed E-state index contributed by atoms with van der Waals surface area (Å²) < 4.78 is 41.7. The first-order chi connectivity index (χ1) is 10.7. The Morgan fingerprint density at radius 1 is 1.00 bits per heavy atom. The fourth-order valence-electron chi connectivity index (χ4n) is 3.86. The van der Waals surface area contributed by atoms with E-state index in [1.165, 1.54) is 6.07 Å². The number of aliphatic hydroxyl groups is 1. The van der Waals surface area contributed by atoms with E-state index in [9.17, 15) is 18.3 Å². The fraction of sp³-hybridized carbons (Fsp3) is 0.368. The average Bonchev–Trinajstić information content (AvgIpc) is 2.77. The second-order valence-electron chi connectivity index (χ2n) is 6.21. The van der Waals surface area contributed by atoms with Gasteiger partial charge in [0.2, 0.25) is 5.60 Å². The molecule has 2 aromatic carbocycles. The van der Waals surface area contributed by atoms with E-state index in [1.54, 1.807) is 25.1 Å². The molecule has 2 aromatic rings. The van der Waals surface area contributed by atoms with Crippen LogP contribution in [-0.2, 0) is 12.0 Å². The van der Waals surface area contributed by atoms with Gasteiger partial charge in [-0.25, -0.2) is 0 Å². The highest BCUT2D eigenvalue weighted by Crippen LogP contribution is 2.57. The Bertz CT molecular complexity index is 805. The predicted molar refractivity (Wildman–Crippen MR) is 84.5 cm³/mol. The first-order valence-electron chi connectivity index (χ1n) is 7.68. The molecule has 3 rings (SSSR count). The van der Waals surface area contributed by atoms with Gasteiger partial charge in [0, 0.05) is 11.1 Å². The molecule has 23 heavy (non-hydrogen) atoms. The summed E-state index contributed by atoms with van der Waals surface area (Å²) in [5, 5.41) is 10.8. The number of fused-ring (bicyclic) bond motifs is 3. The summed E-state index contributed by atoms with van der Waals surface area (Å²) >= 11 is 0. The maximum absolute atomic E-state index is 13.9. The van der Waals surface area contributed by atoms with Crippen LogP contribution in [0.3, 0.4) is 0 Å². The van der Waals surface area contributed by atoms with Crippen molar-refractivity contribution in [2.75, 3.05) is 0 Å². The predicted octanol–water partition coefficient (Wildman–Crippen LogP) is 4.95. The Hall–Kier alpha value is -1.81. The van der Waals surface area contributed by atoms with E-state index in [4.69, 9.17) is 0 Å². The number of halogens is 3. The molecule has 0 saturated carbocycles. The van der Waals surface area contributed by atoms with Crippen molar-refractivity contribution in [2.24, 2.45) is 0 Å². The highest BCUT2D eigenvalue weighted by Gasteiger charge is 2.61. The van der Waals surface area contributed by atoms with Crippen molar-refractivity contribution in [3.63, 3.8) is 0 Å². The topological polar surface area (TPSA) is 20.2 Å². The molecule has 0 saturated heterocycles. The van der Waals surface area contributed by atoms with E-state index >= 15 is 0 Å². The average molecular weight is 320 g/mol. The molecule has 0 aromatic heterocycles. The lowest BCUT2D eigenvalue weighted by atomic mass is 9.82. The summed E-state index contributed by atoms with van der Waals surface area (Å²) in [6.45, 7) is 7.37. The Labute approximate surface area is 133 Å². The zero-order chi connectivity index (χ0) is 17.2. The smallest absolute Gasteiger partial charge is 0.372 e. The highest BCUT2D eigenvalue weighted by atomic mass is 19.4. The zero-order valence-corrected chi connectivity index (χ0v) is 13.6. The Balaban J connectivity index is 2.57. The van der Waals surface area contributed by atoms with Gasteiger partial charge in [-0.05, 0) is 60.6 Å². The van der Waals surface area contributed by atoms with E-state index < -0.39 is 11.8 Å². The molecule has 1 unspecified atom stereocenters. The molecule has 1 atom stereocenters. The third-order valence-electron chi connectivity index (χ3n) is 5.22. The SMILES string of the molecule is CCc1c(C)c(C)c(C)c2c1-c1ccccc1C2(O)C(F)(F)F. The minimum atomic E-state index is -4.77. The standard InChI is InChI=1S/C19H19F3O/c1-5-13-11(3)10(2)12(4)17-16(13)14-8-6-7-9-15(14)18(17,23)19(20,21)22/h6-9,23H,5H2,1-4H3. The third-order valence-corrected chi connectivity index (χ3v) is 5.22. The number of hydrogen-bond acceptors (Lipinski definition) is 1. The number of hydrogen-bond donors (Lipinski definition) is 1. The molecule has 122 valence electrons. The van der Waals surface area contributed by atoms with Crippen molar-refractivity contribution in [2.45, 2.75) is 45.9 Å². The van der Waals surface area contributed by atoms with Crippen molar-refractivity contribution in [1.82, 2.24) is 0 Å². The first kappa shape index (κ1) is 16.1. The number of benzene rings is 2. The van der Waals surface area contributed by atoms with E-state index in [1.807, 2.05) is 20.8 Å². The van der Waals surface area contributed by atoms with E-state index in [-0.39, 0.29) is 11.1 Å². The van der Waals surface area contributed by atoms with Crippen LogP contribution in [0.15, 0.2) is 24.3 Å². The normalized spacial score (nSPS) is 19.7. The summed E-state index contributed by atoms with van der Waals surface area (Å²) in [7, 11) is 0. The van der Waals surface area contributed by atoms with Crippen LogP contribution in [0.1, 0.15) is 40.3 Å². The lowest BCUT2D eigenvalue weighted by Gasteiger charge is -2.31. The van der Waals surface area contributed by atoms with E-state index in [2.05, 4.69) is 0 Å². The molecule has 1 aliphatic rings. The minimum Gasteiger partial charge on any atom is -0.372 e.